The van der Waals surface area contributed by atoms with Crippen LogP contribution < -0.4 is 0 Å². The molecule has 0 amide bonds. The molecular weight excluding hydrogens is 268 g/mol. The zero-order valence-corrected chi connectivity index (χ0v) is 14.6. The summed E-state index contributed by atoms with van der Waals surface area (Å²) in [5, 5.41) is 1.48. The summed E-state index contributed by atoms with van der Waals surface area (Å²) >= 11 is 3.45. The summed E-state index contributed by atoms with van der Waals surface area (Å²) in [7, 11) is 1.18. The molecular formula is C12H27BrOSi. The second-order valence-corrected chi connectivity index (χ2v) is 9.00. The van der Waals surface area contributed by atoms with E-state index in [0.717, 1.165) is 11.9 Å². The maximum atomic E-state index is 6.00. The Hall–Kier alpha value is 0.657. The maximum absolute atomic E-state index is 6.00. The van der Waals surface area contributed by atoms with Crippen molar-refractivity contribution in [1.82, 2.24) is 0 Å². The van der Waals surface area contributed by atoms with Gasteiger partial charge in [-0.1, -0.05) is 42.6 Å². The average molecular weight is 295 g/mol. The van der Waals surface area contributed by atoms with Crippen LogP contribution in [0, 0.1) is 0 Å². The summed E-state index contributed by atoms with van der Waals surface area (Å²) in [4.78, 5) is 0. The lowest BCUT2D eigenvalue weighted by Gasteiger charge is -2.38. The summed E-state index contributed by atoms with van der Waals surface area (Å²) in [6, 6.07) is 0. The third kappa shape index (κ3) is 6.75. The molecule has 0 aromatic carbocycles. The molecule has 0 aromatic heterocycles. The second-order valence-electron chi connectivity index (χ2n) is 5.71. The third-order valence-electron chi connectivity index (χ3n) is 3.30. The maximum Gasteiger partial charge on any atom is 0.0644 e. The highest BCUT2D eigenvalue weighted by atomic mass is 79.9. The van der Waals surface area contributed by atoms with Crippen molar-refractivity contribution in [2.24, 2.45) is 0 Å². The Labute approximate surface area is 107 Å². The van der Waals surface area contributed by atoms with E-state index in [0.29, 0.717) is 5.04 Å². The van der Waals surface area contributed by atoms with E-state index in [2.05, 4.69) is 43.6 Å². The molecule has 0 aromatic rings. The molecule has 0 atom stereocenters. The van der Waals surface area contributed by atoms with E-state index in [9.17, 15) is 0 Å². The lowest BCUT2D eigenvalue weighted by atomic mass is 9.93. The van der Waals surface area contributed by atoms with Crippen molar-refractivity contribution in [2.45, 2.75) is 64.0 Å². The van der Waals surface area contributed by atoms with Crippen molar-refractivity contribution in [2.75, 3.05) is 11.9 Å². The summed E-state index contributed by atoms with van der Waals surface area (Å²) in [6.45, 7) is 9.95. The van der Waals surface area contributed by atoms with Crippen molar-refractivity contribution < 1.29 is 4.74 Å². The van der Waals surface area contributed by atoms with Crippen LogP contribution in [0.25, 0.3) is 0 Å². The van der Waals surface area contributed by atoms with Crippen molar-refractivity contribution >= 4 is 26.2 Å². The number of ether oxygens (including phenoxy) is 1. The van der Waals surface area contributed by atoms with Gasteiger partial charge in [0.15, 0.2) is 0 Å². The SMILES string of the molecule is CC(C)([SiH3])C(C)(C)OCCCCCCBr. The summed E-state index contributed by atoms with van der Waals surface area (Å²) < 4.78 is 6.00. The number of hydrogen-bond acceptors (Lipinski definition) is 1. The van der Waals surface area contributed by atoms with Crippen LogP contribution in [0.4, 0.5) is 0 Å². The minimum absolute atomic E-state index is 0.0364. The molecule has 0 spiro atoms. The Morgan fingerprint density at radius 3 is 2.00 bits per heavy atom. The number of unbranched alkanes of at least 4 members (excludes halogenated alkanes) is 3. The van der Waals surface area contributed by atoms with Gasteiger partial charge in [0.25, 0.3) is 0 Å². The first kappa shape index (κ1) is 15.7. The molecule has 0 saturated heterocycles. The van der Waals surface area contributed by atoms with Gasteiger partial charge in [0.1, 0.15) is 0 Å². The molecule has 0 heterocycles. The van der Waals surface area contributed by atoms with Gasteiger partial charge in [-0.15, -0.1) is 0 Å². The molecule has 0 fully saturated rings. The van der Waals surface area contributed by atoms with Gasteiger partial charge in [-0.25, -0.2) is 0 Å². The van der Waals surface area contributed by atoms with Crippen LogP contribution in [-0.4, -0.2) is 27.8 Å². The van der Waals surface area contributed by atoms with Crippen molar-refractivity contribution in [1.29, 1.82) is 0 Å². The van der Waals surface area contributed by atoms with Gasteiger partial charge >= 0.3 is 0 Å². The molecule has 0 aliphatic rings. The highest BCUT2D eigenvalue weighted by Gasteiger charge is 2.33. The molecule has 0 aliphatic carbocycles. The van der Waals surface area contributed by atoms with Gasteiger partial charge in [0, 0.05) is 22.2 Å². The highest BCUT2D eigenvalue weighted by Crippen LogP contribution is 2.37. The zero-order chi connectivity index (χ0) is 11.9. The largest absolute Gasteiger partial charge is 0.375 e. The normalized spacial score (nSPS) is 13.4. The average Bonchev–Trinajstić information content (AvgIpc) is 2.09. The van der Waals surface area contributed by atoms with Crippen LogP contribution in [0.2, 0.25) is 5.04 Å². The molecule has 92 valence electrons. The van der Waals surface area contributed by atoms with E-state index < -0.39 is 0 Å². The molecule has 15 heavy (non-hydrogen) atoms. The van der Waals surface area contributed by atoms with Gasteiger partial charge in [-0.2, -0.15) is 0 Å². The quantitative estimate of drug-likeness (QED) is 0.379. The van der Waals surface area contributed by atoms with E-state index in [1.807, 2.05) is 0 Å². The first-order chi connectivity index (χ1) is 6.81. The molecule has 0 rings (SSSR count). The smallest absolute Gasteiger partial charge is 0.0644 e. The fraction of sp³-hybridized carbons (Fsp3) is 1.00. The zero-order valence-electron chi connectivity index (χ0n) is 11.0. The fourth-order valence-electron chi connectivity index (χ4n) is 1.09. The summed E-state index contributed by atoms with van der Waals surface area (Å²) in [5.74, 6) is 0. The van der Waals surface area contributed by atoms with E-state index >= 15 is 0 Å². The van der Waals surface area contributed by atoms with E-state index in [1.165, 1.54) is 35.9 Å². The van der Waals surface area contributed by atoms with Crippen molar-refractivity contribution in [3.05, 3.63) is 0 Å². The third-order valence-corrected chi connectivity index (χ3v) is 5.06. The molecule has 0 N–H and O–H groups in total. The molecule has 3 heteroatoms. The van der Waals surface area contributed by atoms with Gasteiger partial charge in [-0.05, 0) is 31.7 Å². The van der Waals surface area contributed by atoms with Gasteiger partial charge in [0.05, 0.1) is 5.60 Å². The van der Waals surface area contributed by atoms with E-state index in [1.54, 1.807) is 0 Å². The highest BCUT2D eigenvalue weighted by molar-refractivity contribution is 9.09. The summed E-state index contributed by atoms with van der Waals surface area (Å²) in [6.07, 6.45) is 5.10. The van der Waals surface area contributed by atoms with Gasteiger partial charge in [-0.3, -0.25) is 0 Å². The van der Waals surface area contributed by atoms with Gasteiger partial charge < -0.3 is 4.74 Å². The second kappa shape index (κ2) is 7.07. The first-order valence-corrected chi connectivity index (χ1v) is 8.13. The van der Waals surface area contributed by atoms with Crippen LogP contribution in [-0.2, 0) is 4.74 Å². The van der Waals surface area contributed by atoms with Crippen molar-refractivity contribution in [3.63, 3.8) is 0 Å². The first-order valence-electron chi connectivity index (χ1n) is 6.01. The molecule has 0 bridgehead atoms. The Bertz CT molecular complexity index is 163. The predicted octanol–water partition coefficient (Wildman–Crippen LogP) is 3.30. The minimum Gasteiger partial charge on any atom is -0.375 e. The van der Waals surface area contributed by atoms with E-state index in [4.69, 9.17) is 4.74 Å². The Kier molecular flexibility index (Phi) is 7.38. The van der Waals surface area contributed by atoms with E-state index in [-0.39, 0.29) is 5.60 Å². The van der Waals surface area contributed by atoms with Crippen LogP contribution in [0.3, 0.4) is 0 Å². The van der Waals surface area contributed by atoms with Gasteiger partial charge in [0.2, 0.25) is 0 Å². The lowest BCUT2D eigenvalue weighted by Crippen LogP contribution is -2.37. The Morgan fingerprint density at radius 2 is 1.53 bits per heavy atom. The standard InChI is InChI=1S/C12H27BrOSi/c1-11(2,12(3,4)15)14-10-8-6-5-7-9-13/h5-10H2,1-4,15H3. The number of rotatable bonds is 8. The Balaban J connectivity index is 3.58. The van der Waals surface area contributed by atoms with Crippen LogP contribution in [0.1, 0.15) is 53.4 Å². The van der Waals surface area contributed by atoms with Crippen molar-refractivity contribution in [3.8, 4) is 0 Å². The topological polar surface area (TPSA) is 9.23 Å². The predicted molar refractivity (Wildman–Crippen MR) is 76.3 cm³/mol. The fourth-order valence-corrected chi connectivity index (χ4v) is 1.63. The summed E-state index contributed by atoms with van der Waals surface area (Å²) in [5.41, 5.74) is 0.0364. The lowest BCUT2D eigenvalue weighted by molar-refractivity contribution is -0.0447. The number of alkyl halides is 1. The molecule has 1 nitrogen and oxygen atoms in total. The molecule has 0 saturated carbocycles. The van der Waals surface area contributed by atoms with Crippen LogP contribution in [0.5, 0.6) is 0 Å². The number of halogens is 1. The molecule has 0 unspecified atom stereocenters. The van der Waals surface area contributed by atoms with Crippen LogP contribution in [0.15, 0.2) is 0 Å². The van der Waals surface area contributed by atoms with Crippen LogP contribution >= 0.6 is 15.9 Å². The monoisotopic (exact) mass is 294 g/mol. The minimum atomic E-state index is 0.0364. The molecule has 0 aliphatic heterocycles. The Morgan fingerprint density at radius 1 is 1.00 bits per heavy atom. The molecule has 0 radical (unpaired) electrons. The number of hydrogen-bond donors (Lipinski definition) is 0.